The van der Waals surface area contributed by atoms with Gasteiger partial charge in [-0.05, 0) is 36.2 Å². The van der Waals surface area contributed by atoms with Crippen LogP contribution in [-0.4, -0.2) is 29.0 Å². The highest BCUT2D eigenvalue weighted by molar-refractivity contribution is 7.99. The lowest BCUT2D eigenvalue weighted by atomic mass is 10.1. The van der Waals surface area contributed by atoms with Crippen LogP contribution in [0.1, 0.15) is 11.1 Å². The maximum absolute atomic E-state index is 12.0. The Morgan fingerprint density at radius 2 is 2.04 bits per heavy atom. The predicted molar refractivity (Wildman–Crippen MR) is 100 cm³/mol. The van der Waals surface area contributed by atoms with E-state index >= 15 is 0 Å². The minimum atomic E-state index is -0.103. The Morgan fingerprint density at radius 3 is 2.85 bits per heavy atom. The number of rotatable bonds is 7. The highest BCUT2D eigenvalue weighted by Gasteiger charge is 2.12. The molecule has 0 saturated heterocycles. The minimum Gasteiger partial charge on any atom is -0.497 e. The molecule has 0 bridgehead atoms. The van der Waals surface area contributed by atoms with Gasteiger partial charge in [0.05, 0.1) is 12.9 Å². The molecule has 3 aromatic rings. The van der Waals surface area contributed by atoms with Gasteiger partial charge in [-0.1, -0.05) is 42.1 Å². The standard InChI is InChI=1S/C19H19N3O3S/c1-13-6-3-4-9-16(13)18-21-22-19(25-18)26-12-17(23)20-11-14-7-5-8-15(10-14)24-2/h3-10H,11-12H2,1-2H3,(H,20,23). The van der Waals surface area contributed by atoms with Gasteiger partial charge in [0.25, 0.3) is 5.22 Å². The highest BCUT2D eigenvalue weighted by Crippen LogP contribution is 2.25. The molecule has 1 aromatic heterocycles. The monoisotopic (exact) mass is 369 g/mol. The van der Waals surface area contributed by atoms with Crippen molar-refractivity contribution in [2.45, 2.75) is 18.7 Å². The molecular formula is C19H19N3O3S. The van der Waals surface area contributed by atoms with E-state index in [9.17, 15) is 4.79 Å². The van der Waals surface area contributed by atoms with E-state index in [0.29, 0.717) is 17.7 Å². The first-order valence-corrected chi connectivity index (χ1v) is 9.06. The highest BCUT2D eigenvalue weighted by atomic mass is 32.2. The van der Waals surface area contributed by atoms with Crippen LogP contribution in [0.5, 0.6) is 5.75 Å². The van der Waals surface area contributed by atoms with Crippen LogP contribution in [0.15, 0.2) is 58.2 Å². The first-order chi connectivity index (χ1) is 12.7. The molecule has 0 radical (unpaired) electrons. The van der Waals surface area contributed by atoms with Crippen LogP contribution >= 0.6 is 11.8 Å². The SMILES string of the molecule is COc1cccc(CNC(=O)CSc2nnc(-c3ccccc3C)o2)c1. The number of ether oxygens (including phenoxy) is 1. The molecule has 3 rings (SSSR count). The molecule has 1 heterocycles. The van der Waals surface area contributed by atoms with Gasteiger partial charge in [0.15, 0.2) is 0 Å². The maximum Gasteiger partial charge on any atom is 0.277 e. The molecule has 26 heavy (non-hydrogen) atoms. The van der Waals surface area contributed by atoms with E-state index in [1.807, 2.05) is 55.5 Å². The lowest BCUT2D eigenvalue weighted by Gasteiger charge is -2.06. The van der Waals surface area contributed by atoms with Gasteiger partial charge in [-0.2, -0.15) is 0 Å². The Kier molecular flexibility index (Phi) is 5.91. The third-order valence-electron chi connectivity index (χ3n) is 3.73. The van der Waals surface area contributed by atoms with Gasteiger partial charge in [0.2, 0.25) is 11.8 Å². The summed E-state index contributed by atoms with van der Waals surface area (Å²) in [4.78, 5) is 12.0. The summed E-state index contributed by atoms with van der Waals surface area (Å²) in [5, 5.41) is 11.3. The van der Waals surface area contributed by atoms with Crippen LogP contribution in [-0.2, 0) is 11.3 Å². The summed E-state index contributed by atoms with van der Waals surface area (Å²) in [5.41, 5.74) is 2.93. The molecule has 0 aliphatic heterocycles. The molecule has 0 unspecified atom stereocenters. The number of methoxy groups -OCH3 is 1. The molecule has 0 aliphatic carbocycles. The quantitative estimate of drug-likeness (QED) is 0.643. The second-order valence-electron chi connectivity index (χ2n) is 5.60. The molecule has 1 amide bonds. The van der Waals surface area contributed by atoms with Crippen LogP contribution in [0.3, 0.4) is 0 Å². The van der Waals surface area contributed by atoms with Crippen molar-refractivity contribution in [3.05, 3.63) is 59.7 Å². The Bertz CT molecular complexity index is 895. The lowest BCUT2D eigenvalue weighted by Crippen LogP contribution is -2.24. The van der Waals surface area contributed by atoms with Gasteiger partial charge < -0.3 is 14.5 Å². The van der Waals surface area contributed by atoms with Crippen LogP contribution in [0, 0.1) is 6.92 Å². The fourth-order valence-electron chi connectivity index (χ4n) is 2.35. The number of benzene rings is 2. The van der Waals surface area contributed by atoms with E-state index in [0.717, 1.165) is 22.4 Å². The fraction of sp³-hybridized carbons (Fsp3) is 0.211. The van der Waals surface area contributed by atoms with Crippen molar-refractivity contribution in [2.75, 3.05) is 12.9 Å². The molecule has 2 aromatic carbocycles. The zero-order chi connectivity index (χ0) is 18.4. The van der Waals surface area contributed by atoms with Crippen LogP contribution < -0.4 is 10.1 Å². The van der Waals surface area contributed by atoms with Crippen LogP contribution in [0.4, 0.5) is 0 Å². The zero-order valence-corrected chi connectivity index (χ0v) is 15.4. The Morgan fingerprint density at radius 1 is 1.19 bits per heavy atom. The molecule has 7 heteroatoms. The number of nitrogens with zero attached hydrogens (tertiary/aromatic N) is 2. The summed E-state index contributed by atoms with van der Waals surface area (Å²) >= 11 is 1.22. The summed E-state index contributed by atoms with van der Waals surface area (Å²) < 4.78 is 10.8. The molecule has 1 N–H and O–H groups in total. The Hall–Kier alpha value is -2.80. The van der Waals surface area contributed by atoms with Gasteiger partial charge in [-0.3, -0.25) is 4.79 Å². The van der Waals surface area contributed by atoms with Gasteiger partial charge in [-0.15, -0.1) is 10.2 Å². The van der Waals surface area contributed by atoms with Crippen molar-refractivity contribution in [3.63, 3.8) is 0 Å². The summed E-state index contributed by atoms with van der Waals surface area (Å²) in [6, 6.07) is 15.4. The number of carbonyl (C=O) groups excluding carboxylic acids is 1. The number of amides is 1. The number of thioether (sulfide) groups is 1. The number of nitrogens with one attached hydrogen (secondary N) is 1. The van der Waals surface area contributed by atoms with E-state index in [1.54, 1.807) is 7.11 Å². The first kappa shape index (κ1) is 18.0. The third-order valence-corrected chi connectivity index (χ3v) is 4.55. The van der Waals surface area contributed by atoms with Crippen molar-refractivity contribution < 1.29 is 13.9 Å². The topological polar surface area (TPSA) is 77.2 Å². The van der Waals surface area contributed by atoms with E-state index in [2.05, 4.69) is 15.5 Å². The summed E-state index contributed by atoms with van der Waals surface area (Å²) in [7, 11) is 1.62. The molecule has 0 fully saturated rings. The lowest BCUT2D eigenvalue weighted by molar-refractivity contribution is -0.118. The predicted octanol–water partition coefficient (Wildman–Crippen LogP) is 3.46. The van der Waals surface area contributed by atoms with Crippen LogP contribution in [0.2, 0.25) is 0 Å². The zero-order valence-electron chi connectivity index (χ0n) is 14.6. The summed E-state index contributed by atoms with van der Waals surface area (Å²) in [5.74, 6) is 1.33. The van der Waals surface area contributed by atoms with E-state index in [-0.39, 0.29) is 11.7 Å². The van der Waals surface area contributed by atoms with E-state index < -0.39 is 0 Å². The van der Waals surface area contributed by atoms with Gasteiger partial charge >= 0.3 is 0 Å². The number of hydrogen-bond acceptors (Lipinski definition) is 6. The smallest absolute Gasteiger partial charge is 0.277 e. The van der Waals surface area contributed by atoms with Gasteiger partial charge in [0.1, 0.15) is 5.75 Å². The second-order valence-corrected chi connectivity index (χ2v) is 6.53. The largest absolute Gasteiger partial charge is 0.497 e. The van der Waals surface area contributed by atoms with Crippen LogP contribution in [0.25, 0.3) is 11.5 Å². The Balaban J connectivity index is 1.51. The number of hydrogen-bond donors (Lipinski definition) is 1. The minimum absolute atomic E-state index is 0.103. The van der Waals surface area contributed by atoms with Crippen molar-refractivity contribution in [1.82, 2.24) is 15.5 Å². The van der Waals surface area contributed by atoms with E-state index in [1.165, 1.54) is 11.8 Å². The third kappa shape index (κ3) is 4.64. The average Bonchev–Trinajstić information content (AvgIpc) is 3.14. The van der Waals surface area contributed by atoms with Crippen molar-refractivity contribution in [1.29, 1.82) is 0 Å². The molecule has 6 nitrogen and oxygen atoms in total. The van der Waals surface area contributed by atoms with Gasteiger partial charge in [0, 0.05) is 12.1 Å². The molecule has 0 saturated carbocycles. The Labute approximate surface area is 156 Å². The first-order valence-electron chi connectivity index (χ1n) is 8.07. The van der Waals surface area contributed by atoms with Crippen molar-refractivity contribution in [2.24, 2.45) is 0 Å². The summed E-state index contributed by atoms with van der Waals surface area (Å²) in [6.45, 7) is 2.42. The van der Waals surface area contributed by atoms with Crippen molar-refractivity contribution in [3.8, 4) is 17.2 Å². The number of carbonyl (C=O) groups is 1. The molecule has 0 atom stereocenters. The molecular weight excluding hydrogens is 350 g/mol. The molecule has 134 valence electrons. The summed E-state index contributed by atoms with van der Waals surface area (Å²) in [6.07, 6.45) is 0. The molecule has 0 aliphatic rings. The van der Waals surface area contributed by atoms with Crippen molar-refractivity contribution >= 4 is 17.7 Å². The fourth-order valence-corrected chi connectivity index (χ4v) is 2.94. The van der Waals surface area contributed by atoms with E-state index in [4.69, 9.17) is 9.15 Å². The van der Waals surface area contributed by atoms with Gasteiger partial charge in [-0.25, -0.2) is 0 Å². The molecule has 0 spiro atoms. The number of aryl methyl sites for hydroxylation is 1. The average molecular weight is 369 g/mol. The maximum atomic E-state index is 12.0. The number of aromatic nitrogens is 2. The second kappa shape index (κ2) is 8.53. The normalized spacial score (nSPS) is 10.5.